The third-order valence-electron chi connectivity index (χ3n) is 2.29. The summed E-state index contributed by atoms with van der Waals surface area (Å²) in [5, 5.41) is 8.55. The molecular weight excluding hydrogens is 252 g/mol. The van der Waals surface area contributed by atoms with E-state index in [1.807, 2.05) is 39.0 Å². The van der Waals surface area contributed by atoms with E-state index in [4.69, 9.17) is 0 Å². The first-order valence-electron chi connectivity index (χ1n) is 7.36. The normalized spacial score (nSPS) is 12.1. The largest absolute Gasteiger partial charge is 0.383 e. The highest BCUT2D eigenvalue weighted by atomic mass is 16.2. The molecule has 0 saturated carbocycles. The van der Waals surface area contributed by atoms with Gasteiger partial charge in [0.05, 0.1) is 6.54 Å². The first-order chi connectivity index (χ1) is 9.60. The second-order valence-electron chi connectivity index (χ2n) is 4.11. The van der Waals surface area contributed by atoms with E-state index in [1.54, 1.807) is 0 Å². The Labute approximate surface area is 124 Å². The molecular formula is C15H32N4O. The maximum absolute atomic E-state index is 11.0. The zero-order valence-electron chi connectivity index (χ0n) is 13.9. The van der Waals surface area contributed by atoms with E-state index < -0.39 is 0 Å². The van der Waals surface area contributed by atoms with E-state index in [0.717, 1.165) is 18.8 Å². The van der Waals surface area contributed by atoms with Crippen LogP contribution in [0.1, 0.15) is 27.7 Å². The molecule has 5 heteroatoms. The SMILES string of the molecule is CC.CCN(C)C.CCNC(=O)NCC1=CC=CCN1. The highest BCUT2D eigenvalue weighted by Gasteiger charge is 2.00. The van der Waals surface area contributed by atoms with Gasteiger partial charge in [-0.3, -0.25) is 0 Å². The highest BCUT2D eigenvalue weighted by Crippen LogP contribution is 1.93. The van der Waals surface area contributed by atoms with Crippen molar-refractivity contribution in [1.29, 1.82) is 0 Å². The maximum atomic E-state index is 11.0. The summed E-state index contributed by atoms with van der Waals surface area (Å²) in [4.78, 5) is 13.1. The molecule has 0 fully saturated rings. The summed E-state index contributed by atoms with van der Waals surface area (Å²) >= 11 is 0. The van der Waals surface area contributed by atoms with Crippen LogP contribution in [0.2, 0.25) is 0 Å². The van der Waals surface area contributed by atoms with Gasteiger partial charge in [0.15, 0.2) is 0 Å². The van der Waals surface area contributed by atoms with E-state index >= 15 is 0 Å². The van der Waals surface area contributed by atoms with Gasteiger partial charge >= 0.3 is 6.03 Å². The van der Waals surface area contributed by atoms with Crippen LogP contribution >= 0.6 is 0 Å². The lowest BCUT2D eigenvalue weighted by molar-refractivity contribution is 0.242. The van der Waals surface area contributed by atoms with Crippen LogP contribution in [0.25, 0.3) is 0 Å². The van der Waals surface area contributed by atoms with Crippen molar-refractivity contribution >= 4 is 6.03 Å². The zero-order valence-corrected chi connectivity index (χ0v) is 13.9. The number of hydrogen-bond acceptors (Lipinski definition) is 3. The van der Waals surface area contributed by atoms with Crippen molar-refractivity contribution in [3.63, 3.8) is 0 Å². The van der Waals surface area contributed by atoms with Gasteiger partial charge in [0.2, 0.25) is 0 Å². The number of dihydropyridines is 1. The van der Waals surface area contributed by atoms with Crippen LogP contribution in [0.4, 0.5) is 4.79 Å². The molecule has 0 unspecified atom stereocenters. The van der Waals surface area contributed by atoms with Crippen LogP contribution in [-0.2, 0) is 0 Å². The minimum Gasteiger partial charge on any atom is -0.383 e. The number of rotatable bonds is 4. The van der Waals surface area contributed by atoms with Crippen molar-refractivity contribution in [1.82, 2.24) is 20.9 Å². The van der Waals surface area contributed by atoms with Crippen LogP contribution in [0, 0.1) is 0 Å². The zero-order chi connectivity index (χ0) is 15.8. The molecule has 0 atom stereocenters. The van der Waals surface area contributed by atoms with Crippen LogP contribution < -0.4 is 16.0 Å². The number of urea groups is 1. The Morgan fingerprint density at radius 3 is 2.30 bits per heavy atom. The Morgan fingerprint density at radius 1 is 1.30 bits per heavy atom. The molecule has 3 N–H and O–H groups in total. The maximum Gasteiger partial charge on any atom is 0.315 e. The fraction of sp³-hybridized carbons (Fsp3) is 0.667. The Kier molecular flexibility index (Phi) is 16.2. The molecule has 0 bridgehead atoms. The van der Waals surface area contributed by atoms with Crippen molar-refractivity contribution in [3.8, 4) is 0 Å². The van der Waals surface area contributed by atoms with Crippen LogP contribution in [0.3, 0.4) is 0 Å². The summed E-state index contributed by atoms with van der Waals surface area (Å²) in [6.07, 6.45) is 5.95. The Balaban J connectivity index is 0. The first kappa shape index (κ1) is 20.8. The predicted molar refractivity (Wildman–Crippen MR) is 87.9 cm³/mol. The monoisotopic (exact) mass is 284 g/mol. The van der Waals surface area contributed by atoms with Gasteiger partial charge in [0, 0.05) is 18.8 Å². The molecule has 0 aromatic carbocycles. The summed E-state index contributed by atoms with van der Waals surface area (Å²) in [5.41, 5.74) is 1.04. The van der Waals surface area contributed by atoms with Gasteiger partial charge in [-0.15, -0.1) is 0 Å². The van der Waals surface area contributed by atoms with Crippen LogP contribution in [-0.4, -0.2) is 51.2 Å². The van der Waals surface area contributed by atoms with Gasteiger partial charge in [0.25, 0.3) is 0 Å². The molecule has 5 nitrogen and oxygen atoms in total. The van der Waals surface area contributed by atoms with Gasteiger partial charge in [-0.05, 0) is 33.6 Å². The first-order valence-corrected chi connectivity index (χ1v) is 7.36. The van der Waals surface area contributed by atoms with E-state index in [0.29, 0.717) is 13.1 Å². The number of carbonyl (C=O) groups excluding carboxylic acids is 1. The van der Waals surface area contributed by atoms with Gasteiger partial charge < -0.3 is 20.9 Å². The minimum atomic E-state index is -0.125. The lowest BCUT2D eigenvalue weighted by atomic mass is 10.3. The van der Waals surface area contributed by atoms with Gasteiger partial charge in [-0.25, -0.2) is 4.79 Å². The summed E-state index contributed by atoms with van der Waals surface area (Å²) in [6, 6.07) is -0.125. The molecule has 0 spiro atoms. The van der Waals surface area contributed by atoms with Crippen molar-refractivity contribution in [2.24, 2.45) is 0 Å². The quantitative estimate of drug-likeness (QED) is 0.739. The Hall–Kier alpha value is -1.49. The van der Waals surface area contributed by atoms with Crippen molar-refractivity contribution in [2.45, 2.75) is 27.7 Å². The highest BCUT2D eigenvalue weighted by molar-refractivity contribution is 5.74. The Morgan fingerprint density at radius 2 is 1.90 bits per heavy atom. The Bertz CT molecular complexity index is 286. The molecule has 1 aliphatic rings. The second-order valence-corrected chi connectivity index (χ2v) is 4.11. The third-order valence-corrected chi connectivity index (χ3v) is 2.29. The topological polar surface area (TPSA) is 56.4 Å². The number of nitrogens with zero attached hydrogens (tertiary/aromatic N) is 1. The molecule has 118 valence electrons. The van der Waals surface area contributed by atoms with Gasteiger partial charge in [0.1, 0.15) is 0 Å². The molecule has 20 heavy (non-hydrogen) atoms. The van der Waals surface area contributed by atoms with E-state index in [-0.39, 0.29) is 6.03 Å². The van der Waals surface area contributed by atoms with Gasteiger partial charge in [-0.2, -0.15) is 0 Å². The van der Waals surface area contributed by atoms with Crippen molar-refractivity contribution in [2.75, 3.05) is 40.3 Å². The molecule has 1 rings (SSSR count). The summed E-state index contributed by atoms with van der Waals surface area (Å²) in [7, 11) is 4.11. The molecule has 1 heterocycles. The fourth-order valence-corrected chi connectivity index (χ4v) is 1.02. The third kappa shape index (κ3) is 14.6. The standard InChI is InChI=1S/C9H15N3O.C4H11N.C2H6/c1-2-10-9(13)12-7-8-5-3-4-6-11-8;1-4-5(2)3;1-2/h3-5,11H,2,6-7H2,1H3,(H2,10,12,13);4H2,1-3H3;1-2H3. The number of hydrogen-bond donors (Lipinski definition) is 3. The predicted octanol–water partition coefficient (Wildman–Crippen LogP) is 1.94. The van der Waals surface area contributed by atoms with Crippen molar-refractivity contribution < 1.29 is 4.79 Å². The fourth-order valence-electron chi connectivity index (χ4n) is 1.02. The number of allylic oxidation sites excluding steroid dienone is 2. The van der Waals surface area contributed by atoms with Crippen LogP contribution in [0.5, 0.6) is 0 Å². The minimum absolute atomic E-state index is 0.125. The molecule has 0 radical (unpaired) electrons. The number of carbonyl (C=O) groups is 1. The van der Waals surface area contributed by atoms with Gasteiger partial charge in [-0.1, -0.05) is 32.9 Å². The lowest BCUT2D eigenvalue weighted by Gasteiger charge is -2.12. The van der Waals surface area contributed by atoms with E-state index in [2.05, 4.69) is 41.9 Å². The molecule has 2 amide bonds. The molecule has 1 aliphatic heterocycles. The molecule has 0 aliphatic carbocycles. The smallest absolute Gasteiger partial charge is 0.315 e. The average Bonchev–Trinajstić information content (AvgIpc) is 2.49. The summed E-state index contributed by atoms with van der Waals surface area (Å²) in [6.45, 7) is 11.2. The number of amides is 2. The van der Waals surface area contributed by atoms with Crippen LogP contribution in [0.15, 0.2) is 23.9 Å². The second kappa shape index (κ2) is 15.6. The summed E-state index contributed by atoms with van der Waals surface area (Å²) < 4.78 is 0. The van der Waals surface area contributed by atoms with E-state index in [9.17, 15) is 4.79 Å². The lowest BCUT2D eigenvalue weighted by Crippen LogP contribution is -2.38. The molecule has 0 aromatic rings. The number of nitrogens with one attached hydrogen (secondary N) is 3. The average molecular weight is 284 g/mol. The van der Waals surface area contributed by atoms with Crippen molar-refractivity contribution in [3.05, 3.63) is 23.9 Å². The van der Waals surface area contributed by atoms with E-state index in [1.165, 1.54) is 0 Å². The summed E-state index contributed by atoms with van der Waals surface area (Å²) in [5.74, 6) is 0. The molecule has 0 saturated heterocycles. The molecule has 0 aromatic heterocycles.